The summed E-state index contributed by atoms with van der Waals surface area (Å²) in [5.74, 6) is 1.04. The third-order valence-corrected chi connectivity index (χ3v) is 7.92. The third-order valence-electron chi connectivity index (χ3n) is 5.59. The van der Waals surface area contributed by atoms with Gasteiger partial charge in [0.25, 0.3) is 5.91 Å². The van der Waals surface area contributed by atoms with Crippen molar-refractivity contribution in [2.24, 2.45) is 0 Å². The van der Waals surface area contributed by atoms with Gasteiger partial charge in [0.2, 0.25) is 10.0 Å². The van der Waals surface area contributed by atoms with Crippen LogP contribution in [0, 0.1) is 0 Å². The van der Waals surface area contributed by atoms with Gasteiger partial charge in [-0.05, 0) is 68.8 Å². The molecule has 0 aromatic heterocycles. The van der Waals surface area contributed by atoms with Crippen LogP contribution in [0.25, 0.3) is 0 Å². The smallest absolute Gasteiger partial charge is 0.255 e. The van der Waals surface area contributed by atoms with E-state index in [1.165, 1.54) is 31.0 Å². The van der Waals surface area contributed by atoms with Crippen molar-refractivity contribution >= 4 is 27.7 Å². The number of methoxy groups -OCH3 is 2. The van der Waals surface area contributed by atoms with E-state index in [9.17, 15) is 13.2 Å². The summed E-state index contributed by atoms with van der Waals surface area (Å²) >= 11 is 1.43. The largest absolute Gasteiger partial charge is 0.497 e. The lowest BCUT2D eigenvalue weighted by Gasteiger charge is -2.27. The molecule has 7 nitrogen and oxygen atoms in total. The van der Waals surface area contributed by atoms with Gasteiger partial charge in [0.1, 0.15) is 11.5 Å². The van der Waals surface area contributed by atoms with Crippen molar-refractivity contribution in [3.63, 3.8) is 0 Å². The number of likely N-dealkylation sites (tertiary alicyclic amines) is 1. The molecule has 1 aliphatic heterocycles. The van der Waals surface area contributed by atoms with Gasteiger partial charge < -0.3 is 14.4 Å². The Labute approximate surface area is 194 Å². The number of nitrogens with one attached hydrogen (secondary N) is 1. The number of piperidine rings is 1. The molecule has 0 spiro atoms. The zero-order valence-corrected chi connectivity index (χ0v) is 20.5. The first-order valence-corrected chi connectivity index (χ1v) is 13.2. The average molecular weight is 479 g/mol. The zero-order chi connectivity index (χ0) is 23.3. The number of sulfonamides is 1. The monoisotopic (exact) mass is 478 g/mol. The van der Waals surface area contributed by atoms with Gasteiger partial charge in [0.05, 0.1) is 24.7 Å². The average Bonchev–Trinajstić information content (AvgIpc) is 2.82. The topological polar surface area (TPSA) is 84.9 Å². The molecule has 1 atom stereocenters. The number of carbonyl (C=O) groups excluding carboxylic acids is 1. The lowest BCUT2D eigenvalue weighted by Crippen LogP contribution is -2.36. The summed E-state index contributed by atoms with van der Waals surface area (Å²) in [4.78, 5) is 15.8. The molecule has 1 unspecified atom stereocenters. The van der Waals surface area contributed by atoms with E-state index in [0.29, 0.717) is 35.7 Å². The predicted molar refractivity (Wildman–Crippen MR) is 126 cm³/mol. The number of nitrogens with zero attached hydrogens (tertiary/aromatic N) is 1. The van der Waals surface area contributed by atoms with Gasteiger partial charge in [0.15, 0.2) is 0 Å². The minimum Gasteiger partial charge on any atom is -0.497 e. The van der Waals surface area contributed by atoms with Crippen LogP contribution in [0.3, 0.4) is 0 Å². The predicted octanol–water partition coefficient (Wildman–Crippen LogP) is 4.09. The van der Waals surface area contributed by atoms with Crippen LogP contribution < -0.4 is 14.2 Å². The first kappa shape index (κ1) is 24.4. The third kappa shape index (κ3) is 5.39. The Balaban J connectivity index is 1.90. The maximum absolute atomic E-state index is 13.2. The van der Waals surface area contributed by atoms with E-state index in [2.05, 4.69) is 4.72 Å². The number of benzene rings is 2. The highest BCUT2D eigenvalue weighted by Gasteiger charge is 2.25. The standard InChI is InChI=1S/C23H30N2O5S2/c1-16(19-14-17(29-2)8-10-21(19)30-3)24-32(27,28)18-9-11-22(31-4)20(15-18)23(26)25-12-6-5-7-13-25/h8-11,14-16,24H,5-7,12-13H2,1-4H3. The van der Waals surface area contributed by atoms with Crippen molar-refractivity contribution in [2.45, 2.75) is 42.0 Å². The maximum atomic E-state index is 13.2. The van der Waals surface area contributed by atoms with Crippen molar-refractivity contribution in [1.29, 1.82) is 0 Å². The molecule has 1 saturated heterocycles. The summed E-state index contributed by atoms with van der Waals surface area (Å²) in [5, 5.41) is 0. The highest BCUT2D eigenvalue weighted by atomic mass is 32.2. The number of thioether (sulfide) groups is 1. The van der Waals surface area contributed by atoms with E-state index in [0.717, 1.165) is 24.2 Å². The van der Waals surface area contributed by atoms with Gasteiger partial charge in [-0.15, -0.1) is 11.8 Å². The van der Waals surface area contributed by atoms with Gasteiger partial charge in [-0.1, -0.05) is 0 Å². The molecular weight excluding hydrogens is 448 g/mol. The zero-order valence-electron chi connectivity index (χ0n) is 18.9. The van der Waals surface area contributed by atoms with E-state index >= 15 is 0 Å². The Morgan fingerprint density at radius 1 is 1.06 bits per heavy atom. The Hall–Kier alpha value is -2.23. The molecule has 1 fully saturated rings. The number of rotatable bonds is 8. The first-order chi connectivity index (χ1) is 15.3. The lowest BCUT2D eigenvalue weighted by molar-refractivity contribution is 0.0720. The van der Waals surface area contributed by atoms with Crippen LogP contribution in [0.5, 0.6) is 11.5 Å². The fraction of sp³-hybridized carbons (Fsp3) is 0.435. The van der Waals surface area contributed by atoms with Crippen LogP contribution in [0.2, 0.25) is 0 Å². The van der Waals surface area contributed by atoms with E-state index in [1.807, 2.05) is 11.2 Å². The summed E-state index contributed by atoms with van der Waals surface area (Å²) in [5.41, 5.74) is 1.08. The van der Waals surface area contributed by atoms with Gasteiger partial charge in [-0.25, -0.2) is 13.1 Å². The van der Waals surface area contributed by atoms with Gasteiger partial charge in [-0.2, -0.15) is 0 Å². The molecule has 32 heavy (non-hydrogen) atoms. The molecule has 2 aromatic carbocycles. The Morgan fingerprint density at radius 2 is 1.78 bits per heavy atom. The minimum atomic E-state index is -3.89. The first-order valence-electron chi connectivity index (χ1n) is 10.5. The Bertz CT molecular complexity index is 1070. The number of hydrogen-bond acceptors (Lipinski definition) is 6. The molecule has 1 aliphatic rings. The summed E-state index contributed by atoms with van der Waals surface area (Å²) in [6.45, 7) is 3.15. The second-order valence-corrected chi connectivity index (χ2v) is 10.2. The minimum absolute atomic E-state index is 0.0596. The summed E-state index contributed by atoms with van der Waals surface area (Å²) in [6, 6.07) is 9.38. The van der Waals surface area contributed by atoms with E-state index in [1.54, 1.807) is 38.3 Å². The van der Waals surface area contributed by atoms with Crippen molar-refractivity contribution < 1.29 is 22.7 Å². The van der Waals surface area contributed by atoms with Gasteiger partial charge >= 0.3 is 0 Å². The normalized spacial score (nSPS) is 15.3. The highest BCUT2D eigenvalue weighted by molar-refractivity contribution is 7.98. The van der Waals surface area contributed by atoms with Crippen LogP contribution in [-0.2, 0) is 10.0 Å². The number of ether oxygens (including phenoxy) is 2. The molecule has 0 bridgehead atoms. The van der Waals surface area contributed by atoms with Crippen molar-refractivity contribution in [3.05, 3.63) is 47.5 Å². The van der Waals surface area contributed by atoms with Crippen LogP contribution in [0.15, 0.2) is 46.2 Å². The second kappa shape index (κ2) is 10.6. The maximum Gasteiger partial charge on any atom is 0.255 e. The Kier molecular flexibility index (Phi) is 8.08. The summed E-state index contributed by atoms with van der Waals surface area (Å²) in [7, 11) is -0.806. The molecular formula is C23H30N2O5S2. The molecule has 0 saturated carbocycles. The molecule has 3 rings (SSSR count). The van der Waals surface area contributed by atoms with Crippen LogP contribution >= 0.6 is 11.8 Å². The molecule has 1 amide bonds. The molecule has 2 aromatic rings. The SMILES string of the molecule is COc1ccc(OC)c(C(C)NS(=O)(=O)c2ccc(SC)c(C(=O)N3CCCCC3)c2)c1. The van der Waals surface area contributed by atoms with E-state index in [4.69, 9.17) is 9.47 Å². The van der Waals surface area contributed by atoms with Crippen LogP contribution in [0.4, 0.5) is 0 Å². The van der Waals surface area contributed by atoms with E-state index in [-0.39, 0.29) is 10.8 Å². The van der Waals surface area contributed by atoms with Gasteiger partial charge in [0, 0.05) is 29.6 Å². The number of hydrogen-bond donors (Lipinski definition) is 1. The second-order valence-electron chi connectivity index (χ2n) is 7.67. The Morgan fingerprint density at radius 3 is 2.41 bits per heavy atom. The van der Waals surface area contributed by atoms with Crippen molar-refractivity contribution in [1.82, 2.24) is 9.62 Å². The number of carbonyl (C=O) groups is 1. The van der Waals surface area contributed by atoms with Crippen LogP contribution in [-0.4, -0.2) is 52.8 Å². The summed E-state index contributed by atoms with van der Waals surface area (Å²) < 4.78 is 39.8. The molecule has 0 radical (unpaired) electrons. The molecule has 9 heteroatoms. The van der Waals surface area contributed by atoms with Crippen molar-refractivity contribution in [2.75, 3.05) is 33.6 Å². The van der Waals surface area contributed by atoms with Crippen molar-refractivity contribution in [3.8, 4) is 11.5 Å². The lowest BCUT2D eigenvalue weighted by atomic mass is 10.1. The van der Waals surface area contributed by atoms with E-state index < -0.39 is 16.1 Å². The molecule has 1 heterocycles. The molecule has 174 valence electrons. The number of amides is 1. The molecule has 0 aliphatic carbocycles. The fourth-order valence-corrected chi connectivity index (χ4v) is 5.65. The van der Waals surface area contributed by atoms with Crippen LogP contribution in [0.1, 0.15) is 48.1 Å². The highest BCUT2D eigenvalue weighted by Crippen LogP contribution is 2.31. The quantitative estimate of drug-likeness (QED) is 0.575. The summed E-state index contributed by atoms with van der Waals surface area (Å²) in [6.07, 6.45) is 4.94. The fourth-order valence-electron chi connectivity index (χ4n) is 3.83. The van der Waals surface area contributed by atoms with Gasteiger partial charge in [-0.3, -0.25) is 4.79 Å². The molecule has 1 N–H and O–H groups in total.